The number of aldehydes is 1. The number of aromatic nitrogens is 3. The van der Waals surface area contributed by atoms with Gasteiger partial charge in [-0.3, -0.25) is 14.6 Å². The minimum atomic E-state index is -0.210. The van der Waals surface area contributed by atoms with Crippen LogP contribution in [0, 0.1) is 0 Å². The molecule has 2 aromatic heterocycles. The van der Waals surface area contributed by atoms with Crippen molar-refractivity contribution in [1.82, 2.24) is 15.0 Å². The Labute approximate surface area is 114 Å². The third-order valence-corrected chi connectivity index (χ3v) is 2.99. The molecular weight excluding hydrogens is 254 g/mol. The molecule has 0 aliphatic heterocycles. The molecule has 3 aromatic rings. The van der Waals surface area contributed by atoms with Crippen LogP contribution in [0.3, 0.4) is 0 Å². The van der Waals surface area contributed by atoms with E-state index in [9.17, 15) is 9.59 Å². The molecule has 0 radical (unpaired) electrons. The largest absolute Gasteiger partial charge is 0.310 e. The topological polar surface area (TPSA) is 75.7 Å². The molecule has 1 aromatic carbocycles. The van der Waals surface area contributed by atoms with Gasteiger partial charge in [0.15, 0.2) is 0 Å². The zero-order valence-electron chi connectivity index (χ0n) is 10.5. The molecule has 0 amide bonds. The van der Waals surface area contributed by atoms with Crippen LogP contribution >= 0.6 is 0 Å². The van der Waals surface area contributed by atoms with E-state index < -0.39 is 0 Å². The number of nitrogens with zero attached hydrogens (tertiary/aromatic N) is 2. The first-order valence-corrected chi connectivity index (χ1v) is 6.14. The molecule has 3 rings (SSSR count). The van der Waals surface area contributed by atoms with Gasteiger partial charge in [0.2, 0.25) is 0 Å². The molecule has 0 aliphatic carbocycles. The number of H-pyrrole nitrogens is 1. The summed E-state index contributed by atoms with van der Waals surface area (Å²) in [6, 6.07) is 10.4. The Morgan fingerprint density at radius 2 is 2.10 bits per heavy atom. The number of carbonyl (C=O) groups is 1. The summed E-state index contributed by atoms with van der Waals surface area (Å²) in [5, 5.41) is 0.473. The monoisotopic (exact) mass is 265 g/mol. The number of hydrogen-bond acceptors (Lipinski definition) is 4. The van der Waals surface area contributed by atoms with Gasteiger partial charge in [-0.25, -0.2) is 4.98 Å². The van der Waals surface area contributed by atoms with Crippen LogP contribution in [0.1, 0.15) is 21.9 Å². The molecule has 0 saturated heterocycles. The van der Waals surface area contributed by atoms with E-state index in [0.29, 0.717) is 28.7 Å². The molecule has 0 aliphatic rings. The zero-order chi connectivity index (χ0) is 13.9. The smallest absolute Gasteiger partial charge is 0.258 e. The van der Waals surface area contributed by atoms with Gasteiger partial charge in [0.1, 0.15) is 12.1 Å². The van der Waals surface area contributed by atoms with Crippen LogP contribution < -0.4 is 5.56 Å². The normalized spacial score (nSPS) is 10.6. The minimum absolute atomic E-state index is 0.210. The standard InChI is InChI=1S/C15H11N3O2/c19-9-10-4-5-12-13(7-10)17-14(18-15(12)20)8-11-3-1-2-6-16-11/h1-7,9H,8H2,(H,17,18,20). The van der Waals surface area contributed by atoms with Crippen molar-refractivity contribution in [2.75, 3.05) is 0 Å². The van der Waals surface area contributed by atoms with E-state index in [0.717, 1.165) is 12.0 Å². The van der Waals surface area contributed by atoms with Crippen LogP contribution in [-0.2, 0) is 6.42 Å². The molecular formula is C15H11N3O2. The Balaban J connectivity index is 2.08. The molecule has 20 heavy (non-hydrogen) atoms. The molecule has 0 unspecified atom stereocenters. The Morgan fingerprint density at radius 1 is 1.20 bits per heavy atom. The highest BCUT2D eigenvalue weighted by atomic mass is 16.1. The van der Waals surface area contributed by atoms with Crippen LogP contribution in [-0.4, -0.2) is 21.2 Å². The van der Waals surface area contributed by atoms with Crippen LogP contribution in [0.4, 0.5) is 0 Å². The predicted molar refractivity (Wildman–Crippen MR) is 74.8 cm³/mol. The summed E-state index contributed by atoms with van der Waals surface area (Å²) < 4.78 is 0. The molecule has 2 heterocycles. The molecule has 5 nitrogen and oxygen atoms in total. The maximum atomic E-state index is 12.0. The molecule has 98 valence electrons. The lowest BCUT2D eigenvalue weighted by atomic mass is 10.1. The first-order chi connectivity index (χ1) is 9.76. The summed E-state index contributed by atoms with van der Waals surface area (Å²) in [6.07, 6.45) is 2.87. The maximum Gasteiger partial charge on any atom is 0.258 e. The highest BCUT2D eigenvalue weighted by Crippen LogP contribution is 2.10. The van der Waals surface area contributed by atoms with Gasteiger partial charge in [-0.05, 0) is 24.3 Å². The Bertz CT molecular complexity index is 825. The number of benzene rings is 1. The first kappa shape index (κ1) is 12.2. The lowest BCUT2D eigenvalue weighted by Crippen LogP contribution is -2.12. The van der Waals surface area contributed by atoms with Gasteiger partial charge in [0.25, 0.3) is 5.56 Å². The number of aromatic amines is 1. The SMILES string of the molecule is O=Cc1ccc2c(=O)[nH]c(Cc3ccccn3)nc2c1. The number of pyridine rings is 1. The van der Waals surface area contributed by atoms with Crippen molar-refractivity contribution >= 4 is 17.2 Å². The third kappa shape index (κ3) is 2.33. The second-order valence-electron chi connectivity index (χ2n) is 4.40. The van der Waals surface area contributed by atoms with Crippen LogP contribution in [0.25, 0.3) is 10.9 Å². The van der Waals surface area contributed by atoms with Crippen LogP contribution in [0.5, 0.6) is 0 Å². The number of rotatable bonds is 3. The van der Waals surface area contributed by atoms with E-state index in [-0.39, 0.29) is 5.56 Å². The van der Waals surface area contributed by atoms with Crippen LogP contribution in [0.15, 0.2) is 47.4 Å². The van der Waals surface area contributed by atoms with E-state index in [1.165, 1.54) is 0 Å². The highest BCUT2D eigenvalue weighted by molar-refractivity contribution is 5.85. The lowest BCUT2D eigenvalue weighted by molar-refractivity contribution is 0.112. The summed E-state index contributed by atoms with van der Waals surface area (Å²) in [5.74, 6) is 0.532. The number of hydrogen-bond donors (Lipinski definition) is 1. The van der Waals surface area contributed by atoms with Gasteiger partial charge in [-0.1, -0.05) is 12.1 Å². The van der Waals surface area contributed by atoms with Crippen molar-refractivity contribution in [2.45, 2.75) is 6.42 Å². The molecule has 0 bridgehead atoms. The van der Waals surface area contributed by atoms with Crippen molar-refractivity contribution in [3.05, 3.63) is 70.0 Å². The Hall–Kier alpha value is -2.82. The van der Waals surface area contributed by atoms with Gasteiger partial charge in [-0.2, -0.15) is 0 Å². The first-order valence-electron chi connectivity index (χ1n) is 6.14. The minimum Gasteiger partial charge on any atom is -0.310 e. The second kappa shape index (κ2) is 5.05. The third-order valence-electron chi connectivity index (χ3n) is 2.99. The Morgan fingerprint density at radius 3 is 2.85 bits per heavy atom. The van der Waals surface area contributed by atoms with E-state index in [4.69, 9.17) is 0 Å². The van der Waals surface area contributed by atoms with Crippen molar-refractivity contribution < 1.29 is 4.79 Å². The number of fused-ring (bicyclic) bond motifs is 1. The zero-order valence-corrected chi connectivity index (χ0v) is 10.5. The summed E-state index contributed by atoms with van der Waals surface area (Å²) in [6.45, 7) is 0. The average molecular weight is 265 g/mol. The molecule has 0 spiro atoms. The highest BCUT2D eigenvalue weighted by Gasteiger charge is 2.06. The van der Waals surface area contributed by atoms with Crippen molar-refractivity contribution in [1.29, 1.82) is 0 Å². The fraction of sp³-hybridized carbons (Fsp3) is 0.0667. The maximum absolute atomic E-state index is 12.0. The average Bonchev–Trinajstić information content (AvgIpc) is 2.47. The van der Waals surface area contributed by atoms with Crippen molar-refractivity contribution in [3.8, 4) is 0 Å². The fourth-order valence-corrected chi connectivity index (χ4v) is 2.04. The van der Waals surface area contributed by atoms with Gasteiger partial charge in [-0.15, -0.1) is 0 Å². The summed E-state index contributed by atoms with van der Waals surface area (Å²) in [4.78, 5) is 34.1. The van der Waals surface area contributed by atoms with Crippen molar-refractivity contribution in [3.63, 3.8) is 0 Å². The summed E-state index contributed by atoms with van der Waals surface area (Å²) in [7, 11) is 0. The van der Waals surface area contributed by atoms with Gasteiger partial charge in [0.05, 0.1) is 10.9 Å². The molecule has 0 saturated carbocycles. The lowest BCUT2D eigenvalue weighted by Gasteiger charge is -2.03. The summed E-state index contributed by atoms with van der Waals surface area (Å²) >= 11 is 0. The molecule has 0 atom stereocenters. The van der Waals surface area contributed by atoms with E-state index >= 15 is 0 Å². The number of carbonyl (C=O) groups excluding carboxylic acids is 1. The molecule has 5 heteroatoms. The summed E-state index contributed by atoms with van der Waals surface area (Å²) in [5.41, 5.74) is 1.63. The van der Waals surface area contributed by atoms with E-state index in [2.05, 4.69) is 15.0 Å². The fourth-order valence-electron chi connectivity index (χ4n) is 2.04. The molecule has 1 N–H and O–H groups in total. The Kier molecular flexibility index (Phi) is 3.09. The van der Waals surface area contributed by atoms with E-state index in [1.54, 1.807) is 24.4 Å². The van der Waals surface area contributed by atoms with Gasteiger partial charge < -0.3 is 4.98 Å². The van der Waals surface area contributed by atoms with Crippen LogP contribution in [0.2, 0.25) is 0 Å². The van der Waals surface area contributed by atoms with Crippen molar-refractivity contribution in [2.24, 2.45) is 0 Å². The predicted octanol–water partition coefficient (Wildman–Crippen LogP) is 1.72. The second-order valence-corrected chi connectivity index (χ2v) is 4.40. The quantitative estimate of drug-likeness (QED) is 0.732. The number of nitrogens with one attached hydrogen (secondary N) is 1. The molecule has 0 fully saturated rings. The van der Waals surface area contributed by atoms with E-state index in [1.807, 2.05) is 18.2 Å². The van der Waals surface area contributed by atoms with Gasteiger partial charge in [0, 0.05) is 23.9 Å². The van der Waals surface area contributed by atoms with Gasteiger partial charge >= 0.3 is 0 Å².